The summed E-state index contributed by atoms with van der Waals surface area (Å²) in [4.78, 5) is 10.8. The molecule has 0 unspecified atom stereocenters. The van der Waals surface area contributed by atoms with Gasteiger partial charge in [0.15, 0.2) is 0 Å². The van der Waals surface area contributed by atoms with Crippen LogP contribution in [0.4, 0.5) is 0 Å². The molecule has 0 aliphatic carbocycles. The first-order valence-electron chi connectivity index (χ1n) is 23.8. The highest BCUT2D eigenvalue weighted by atomic mass is 15.2. The van der Waals surface area contributed by atoms with Crippen molar-refractivity contribution in [2.45, 2.75) is 0 Å². The van der Waals surface area contributed by atoms with E-state index >= 15 is 0 Å². The number of aromatic nitrogens is 8. The molecule has 0 saturated heterocycles. The molecule has 16 rings (SSSR count). The largest absolute Gasteiger partial charge is 0.307 e. The Labute approximate surface area is 399 Å². The second-order valence-corrected chi connectivity index (χ2v) is 18.3. The van der Waals surface area contributed by atoms with Crippen molar-refractivity contribution in [2.24, 2.45) is 0 Å². The molecule has 10 aromatic carbocycles. The number of rotatable bonds is 5. The fraction of sp³-hybridized carbons (Fsp3) is 0. The fourth-order valence-corrected chi connectivity index (χ4v) is 11.7. The van der Waals surface area contributed by atoms with Crippen LogP contribution in [0, 0.1) is 0 Å². The van der Waals surface area contributed by atoms with Gasteiger partial charge >= 0.3 is 0 Å². The van der Waals surface area contributed by atoms with E-state index in [2.05, 4.69) is 258 Å². The SMILES string of the molecule is c1ccc(-n2c3ccccc3c3cccc(-n4c5ccc(-c6ccc7c(c6)n6c8ccccc8nc6n7-c6cccc7c8ccccc8n(-c8ccccc8)c67)cc5n5c6ccccc6nc45)c32)cc1. The summed E-state index contributed by atoms with van der Waals surface area (Å²) in [5.74, 6) is 1.74. The van der Waals surface area contributed by atoms with Crippen molar-refractivity contribution in [3.8, 4) is 33.9 Å². The van der Waals surface area contributed by atoms with Crippen LogP contribution in [0.1, 0.15) is 0 Å². The number of nitrogens with zero attached hydrogens (tertiary/aromatic N) is 8. The van der Waals surface area contributed by atoms with Crippen LogP contribution in [0.15, 0.2) is 231 Å². The molecule has 0 fully saturated rings. The minimum absolute atomic E-state index is 0.868. The molecule has 0 atom stereocenters. The molecule has 6 aromatic heterocycles. The predicted molar refractivity (Wildman–Crippen MR) is 287 cm³/mol. The highest BCUT2D eigenvalue weighted by Crippen LogP contribution is 2.42. The molecule has 0 radical (unpaired) electrons. The van der Waals surface area contributed by atoms with Crippen molar-refractivity contribution in [1.29, 1.82) is 0 Å². The van der Waals surface area contributed by atoms with E-state index in [4.69, 9.17) is 9.97 Å². The number of imidazole rings is 4. The van der Waals surface area contributed by atoms with Crippen LogP contribution in [0.5, 0.6) is 0 Å². The molecule has 16 aromatic rings. The van der Waals surface area contributed by atoms with E-state index in [1.54, 1.807) is 0 Å². The lowest BCUT2D eigenvalue weighted by Crippen LogP contribution is -2.01. The van der Waals surface area contributed by atoms with Gasteiger partial charge in [-0.15, -0.1) is 0 Å². The van der Waals surface area contributed by atoms with Crippen molar-refractivity contribution in [1.82, 2.24) is 37.0 Å². The van der Waals surface area contributed by atoms with Crippen molar-refractivity contribution in [2.75, 3.05) is 0 Å². The smallest absolute Gasteiger partial charge is 0.220 e. The van der Waals surface area contributed by atoms with E-state index in [0.717, 1.165) is 101 Å². The summed E-state index contributed by atoms with van der Waals surface area (Å²) >= 11 is 0. The maximum atomic E-state index is 5.39. The predicted octanol–water partition coefficient (Wildman–Crippen LogP) is 15.0. The van der Waals surface area contributed by atoms with E-state index in [-0.39, 0.29) is 0 Å². The third-order valence-corrected chi connectivity index (χ3v) is 14.6. The molecule has 0 saturated carbocycles. The number of hydrogen-bond acceptors (Lipinski definition) is 2. The van der Waals surface area contributed by atoms with Crippen molar-refractivity contribution < 1.29 is 0 Å². The van der Waals surface area contributed by atoms with Gasteiger partial charge in [0.05, 0.1) is 77.6 Å². The molecular formula is C62H38N8. The minimum atomic E-state index is 0.868. The molecule has 0 aliphatic rings. The maximum absolute atomic E-state index is 5.39. The summed E-state index contributed by atoms with van der Waals surface area (Å²) in [6.45, 7) is 0. The molecule has 0 aliphatic heterocycles. The lowest BCUT2D eigenvalue weighted by molar-refractivity contribution is 1.09. The van der Waals surface area contributed by atoms with E-state index in [1.165, 1.54) is 32.6 Å². The third kappa shape index (κ3) is 4.98. The monoisotopic (exact) mass is 894 g/mol. The zero-order chi connectivity index (χ0) is 45.6. The van der Waals surface area contributed by atoms with Crippen LogP contribution >= 0.6 is 0 Å². The van der Waals surface area contributed by atoms with Gasteiger partial charge in [0.25, 0.3) is 0 Å². The van der Waals surface area contributed by atoms with Gasteiger partial charge < -0.3 is 9.13 Å². The Hall–Kier alpha value is -9.66. The van der Waals surface area contributed by atoms with Gasteiger partial charge in [0.2, 0.25) is 11.6 Å². The van der Waals surface area contributed by atoms with Crippen LogP contribution in [0.3, 0.4) is 0 Å². The lowest BCUT2D eigenvalue weighted by Gasteiger charge is -2.13. The topological polar surface area (TPSA) is 54.3 Å². The van der Waals surface area contributed by atoms with Crippen LogP contribution in [-0.4, -0.2) is 37.0 Å². The molecule has 0 bridgehead atoms. The Balaban J connectivity index is 0.957. The Bertz CT molecular complexity index is 4520. The number of para-hydroxylation sites is 10. The quantitative estimate of drug-likeness (QED) is 0.173. The Morgan fingerprint density at radius 2 is 0.643 bits per heavy atom. The number of benzene rings is 10. The van der Waals surface area contributed by atoms with E-state index < -0.39 is 0 Å². The van der Waals surface area contributed by atoms with Crippen LogP contribution in [-0.2, 0) is 0 Å². The zero-order valence-corrected chi connectivity index (χ0v) is 37.5. The molecule has 70 heavy (non-hydrogen) atoms. The normalized spacial score (nSPS) is 12.3. The molecule has 6 heterocycles. The highest BCUT2D eigenvalue weighted by Gasteiger charge is 2.25. The van der Waals surface area contributed by atoms with E-state index in [1.807, 2.05) is 0 Å². The van der Waals surface area contributed by atoms with Gasteiger partial charge in [-0.25, -0.2) is 9.97 Å². The standard InChI is InChI=1S/C62H38N8/c1-3-17-41(18-4-1)65-49-27-11-7-21-43(49)45-23-15-31-55(59(45)65)69-53-35-33-39(37-57(53)67-51-29-13-9-25-47(51)63-61(67)69)40-34-36-54-58(38-40)68-52-30-14-10-26-48(52)64-62(68)70(54)56-32-16-24-46-44-22-8-12-28-50(44)66(60(46)56)42-19-5-2-6-20-42/h1-38H. The second-order valence-electron chi connectivity index (χ2n) is 18.3. The first-order valence-corrected chi connectivity index (χ1v) is 23.8. The first-order chi connectivity index (χ1) is 34.8. The summed E-state index contributed by atoms with van der Waals surface area (Å²) in [5.41, 5.74) is 19.5. The maximum Gasteiger partial charge on any atom is 0.220 e. The highest BCUT2D eigenvalue weighted by molar-refractivity contribution is 6.14. The molecule has 8 nitrogen and oxygen atoms in total. The average molecular weight is 895 g/mol. The van der Waals surface area contributed by atoms with Crippen LogP contribution in [0.25, 0.3) is 133 Å². The summed E-state index contributed by atoms with van der Waals surface area (Å²) in [7, 11) is 0. The molecule has 326 valence electrons. The van der Waals surface area contributed by atoms with Crippen molar-refractivity contribution in [3.63, 3.8) is 0 Å². The lowest BCUT2D eigenvalue weighted by atomic mass is 10.0. The summed E-state index contributed by atoms with van der Waals surface area (Å²) in [5, 5.41) is 4.82. The Morgan fingerprint density at radius 3 is 1.10 bits per heavy atom. The molecular weight excluding hydrogens is 857 g/mol. The first kappa shape index (κ1) is 37.4. The van der Waals surface area contributed by atoms with E-state index in [9.17, 15) is 0 Å². The second kappa shape index (κ2) is 13.9. The van der Waals surface area contributed by atoms with Gasteiger partial charge in [0, 0.05) is 32.9 Å². The molecule has 0 N–H and O–H groups in total. The van der Waals surface area contributed by atoms with Gasteiger partial charge in [-0.1, -0.05) is 133 Å². The van der Waals surface area contributed by atoms with Crippen LogP contribution in [0.2, 0.25) is 0 Å². The van der Waals surface area contributed by atoms with Gasteiger partial charge in [-0.3, -0.25) is 17.9 Å². The number of fused-ring (bicyclic) bond motifs is 16. The Kier molecular flexibility index (Phi) is 7.46. The minimum Gasteiger partial charge on any atom is -0.307 e. The third-order valence-electron chi connectivity index (χ3n) is 14.6. The van der Waals surface area contributed by atoms with Gasteiger partial charge in [-0.05, 0) is 108 Å². The molecule has 8 heteroatoms. The zero-order valence-electron chi connectivity index (χ0n) is 37.5. The fourth-order valence-electron chi connectivity index (χ4n) is 11.7. The molecule has 0 amide bonds. The summed E-state index contributed by atoms with van der Waals surface area (Å²) in [6, 6.07) is 82.9. The van der Waals surface area contributed by atoms with Crippen molar-refractivity contribution >= 4 is 99.3 Å². The average Bonchev–Trinajstić information content (AvgIpc) is 4.27. The summed E-state index contributed by atoms with van der Waals surface area (Å²) in [6.07, 6.45) is 0. The molecule has 0 spiro atoms. The Morgan fingerprint density at radius 1 is 0.257 bits per heavy atom. The number of hydrogen-bond donors (Lipinski definition) is 0. The van der Waals surface area contributed by atoms with E-state index in [0.29, 0.717) is 0 Å². The summed E-state index contributed by atoms with van der Waals surface area (Å²) < 4.78 is 14.2. The van der Waals surface area contributed by atoms with Crippen LogP contribution < -0.4 is 0 Å². The van der Waals surface area contributed by atoms with Gasteiger partial charge in [-0.2, -0.15) is 0 Å². The van der Waals surface area contributed by atoms with Crippen molar-refractivity contribution in [3.05, 3.63) is 231 Å². The van der Waals surface area contributed by atoms with Gasteiger partial charge in [0.1, 0.15) is 0 Å².